The van der Waals surface area contributed by atoms with Crippen LogP contribution in [0.1, 0.15) is 5.56 Å². The van der Waals surface area contributed by atoms with E-state index in [0.29, 0.717) is 21.4 Å². The Kier molecular flexibility index (Phi) is 4.35. The van der Waals surface area contributed by atoms with E-state index < -0.39 is 0 Å². The fraction of sp³-hybridized carbons (Fsp3) is 0. The van der Waals surface area contributed by atoms with Gasteiger partial charge in [0.05, 0.1) is 22.3 Å². The summed E-state index contributed by atoms with van der Waals surface area (Å²) >= 11 is 11.2. The van der Waals surface area contributed by atoms with Gasteiger partial charge in [-0.1, -0.05) is 29.8 Å². The number of para-hydroxylation sites is 1. The summed E-state index contributed by atoms with van der Waals surface area (Å²) in [4.78, 5) is 0. The van der Waals surface area contributed by atoms with Crippen LogP contribution in [0.2, 0.25) is 5.02 Å². The highest BCUT2D eigenvalue weighted by atomic mass is 35.5. The minimum atomic E-state index is 0.442. The number of nitrogens with zero attached hydrogens (tertiary/aromatic N) is 1. The molecule has 0 heterocycles. The maximum atomic E-state index is 8.76. The Morgan fingerprint density at radius 3 is 2.47 bits per heavy atom. The van der Waals surface area contributed by atoms with Crippen molar-refractivity contribution in [2.24, 2.45) is 0 Å². The smallest absolute Gasteiger partial charge is 0.175 e. The van der Waals surface area contributed by atoms with Gasteiger partial charge in [-0.25, -0.2) is 0 Å². The molecule has 0 aliphatic rings. The summed E-state index contributed by atoms with van der Waals surface area (Å²) in [7, 11) is 0. The van der Waals surface area contributed by atoms with E-state index >= 15 is 0 Å². The molecule has 94 valence electrons. The second-order valence-corrected chi connectivity index (χ2v) is 4.57. The molecule has 0 spiro atoms. The van der Waals surface area contributed by atoms with Gasteiger partial charge in [0.25, 0.3) is 0 Å². The van der Waals surface area contributed by atoms with Crippen molar-refractivity contribution >= 4 is 40.3 Å². The molecular weight excluding hydrogens is 278 g/mol. The molecule has 0 radical (unpaired) electrons. The van der Waals surface area contributed by atoms with E-state index in [1.807, 2.05) is 36.4 Å². The minimum absolute atomic E-state index is 0.442. The van der Waals surface area contributed by atoms with E-state index in [1.165, 1.54) is 0 Å². The van der Waals surface area contributed by atoms with Crippen LogP contribution >= 0.6 is 23.8 Å². The van der Waals surface area contributed by atoms with Gasteiger partial charge >= 0.3 is 0 Å². The van der Waals surface area contributed by atoms with Gasteiger partial charge in [0.15, 0.2) is 5.11 Å². The number of thiocarbonyl (C=S) groups is 1. The van der Waals surface area contributed by atoms with Crippen LogP contribution in [0.4, 0.5) is 11.4 Å². The van der Waals surface area contributed by atoms with Gasteiger partial charge in [0, 0.05) is 5.69 Å². The highest BCUT2D eigenvalue weighted by molar-refractivity contribution is 7.80. The molecule has 2 aromatic rings. The standard InChI is InChI=1S/C14H10ClN3S/c15-12-8-10(9-16)6-7-13(12)18-14(19)17-11-4-2-1-3-5-11/h1-8H,(H2,17,18,19). The molecule has 0 bridgehead atoms. The summed E-state index contributed by atoms with van der Waals surface area (Å²) in [6.07, 6.45) is 0. The summed E-state index contributed by atoms with van der Waals surface area (Å²) in [5.41, 5.74) is 2.07. The normalized spacial score (nSPS) is 9.47. The summed E-state index contributed by atoms with van der Waals surface area (Å²) in [6.45, 7) is 0. The van der Waals surface area contributed by atoms with Crippen LogP contribution in [-0.2, 0) is 0 Å². The minimum Gasteiger partial charge on any atom is -0.332 e. The van der Waals surface area contributed by atoms with Crippen molar-refractivity contribution in [1.29, 1.82) is 5.26 Å². The van der Waals surface area contributed by atoms with Crippen molar-refractivity contribution < 1.29 is 0 Å². The Hall–Kier alpha value is -2.09. The van der Waals surface area contributed by atoms with Crippen molar-refractivity contribution in [3.63, 3.8) is 0 Å². The zero-order chi connectivity index (χ0) is 13.7. The molecular formula is C14H10ClN3S. The van der Waals surface area contributed by atoms with E-state index in [0.717, 1.165) is 5.69 Å². The van der Waals surface area contributed by atoms with Crippen LogP contribution in [0.5, 0.6) is 0 Å². The molecule has 5 heteroatoms. The highest BCUT2D eigenvalue weighted by Gasteiger charge is 2.04. The van der Waals surface area contributed by atoms with Gasteiger partial charge in [-0.3, -0.25) is 0 Å². The first kappa shape index (κ1) is 13.3. The molecule has 2 N–H and O–H groups in total. The number of benzene rings is 2. The summed E-state index contributed by atoms with van der Waals surface area (Å²) in [6, 6.07) is 16.6. The molecule has 0 unspecified atom stereocenters. The first-order valence-corrected chi connectivity index (χ1v) is 6.30. The first-order chi connectivity index (χ1) is 9.19. The Morgan fingerprint density at radius 1 is 1.11 bits per heavy atom. The molecule has 0 fully saturated rings. The largest absolute Gasteiger partial charge is 0.332 e. The maximum absolute atomic E-state index is 8.76. The topological polar surface area (TPSA) is 47.9 Å². The highest BCUT2D eigenvalue weighted by Crippen LogP contribution is 2.23. The molecule has 0 amide bonds. The Morgan fingerprint density at radius 2 is 1.84 bits per heavy atom. The quantitative estimate of drug-likeness (QED) is 0.819. The summed E-state index contributed by atoms with van der Waals surface area (Å²) in [5, 5.41) is 15.7. The average Bonchev–Trinajstić information content (AvgIpc) is 2.42. The van der Waals surface area contributed by atoms with Crippen molar-refractivity contribution in [2.45, 2.75) is 0 Å². The molecule has 0 aliphatic heterocycles. The van der Waals surface area contributed by atoms with Crippen molar-refractivity contribution in [1.82, 2.24) is 0 Å². The molecule has 0 aliphatic carbocycles. The van der Waals surface area contributed by atoms with Crippen LogP contribution in [0.25, 0.3) is 0 Å². The number of nitrogens with one attached hydrogen (secondary N) is 2. The second-order valence-electron chi connectivity index (χ2n) is 3.75. The molecule has 3 nitrogen and oxygen atoms in total. The number of nitriles is 1. The predicted octanol–water partition coefficient (Wildman–Crippen LogP) is 4.02. The van der Waals surface area contributed by atoms with Crippen LogP contribution in [-0.4, -0.2) is 5.11 Å². The van der Waals surface area contributed by atoms with Crippen molar-refractivity contribution in [3.8, 4) is 6.07 Å². The van der Waals surface area contributed by atoms with Crippen LogP contribution in [0.3, 0.4) is 0 Å². The maximum Gasteiger partial charge on any atom is 0.175 e. The first-order valence-electron chi connectivity index (χ1n) is 5.52. The van der Waals surface area contributed by atoms with E-state index in [2.05, 4.69) is 10.6 Å². The Balaban J connectivity index is 2.05. The molecule has 0 saturated heterocycles. The van der Waals surface area contributed by atoms with Crippen LogP contribution < -0.4 is 10.6 Å². The lowest BCUT2D eigenvalue weighted by molar-refractivity contribution is 1.48. The third-order valence-electron chi connectivity index (χ3n) is 2.38. The lowest BCUT2D eigenvalue weighted by Crippen LogP contribution is -2.19. The number of anilines is 2. The van der Waals surface area contributed by atoms with E-state index in [9.17, 15) is 0 Å². The molecule has 0 saturated carbocycles. The molecule has 19 heavy (non-hydrogen) atoms. The fourth-order valence-electron chi connectivity index (χ4n) is 1.49. The van der Waals surface area contributed by atoms with E-state index in [4.69, 9.17) is 29.1 Å². The molecule has 2 rings (SSSR count). The van der Waals surface area contributed by atoms with Crippen molar-refractivity contribution in [2.75, 3.05) is 10.6 Å². The van der Waals surface area contributed by atoms with E-state index in [1.54, 1.807) is 18.2 Å². The monoisotopic (exact) mass is 287 g/mol. The van der Waals surface area contributed by atoms with Crippen molar-refractivity contribution in [3.05, 3.63) is 59.1 Å². The van der Waals surface area contributed by atoms with Gasteiger partial charge in [-0.15, -0.1) is 0 Å². The van der Waals surface area contributed by atoms with Gasteiger partial charge < -0.3 is 10.6 Å². The van der Waals surface area contributed by atoms with Gasteiger partial charge in [-0.2, -0.15) is 5.26 Å². The number of hydrogen-bond donors (Lipinski definition) is 2. The molecule has 0 atom stereocenters. The predicted molar refractivity (Wildman–Crippen MR) is 82.5 cm³/mol. The second kappa shape index (κ2) is 6.19. The van der Waals surface area contributed by atoms with Crippen LogP contribution in [0, 0.1) is 11.3 Å². The number of halogens is 1. The Bertz CT molecular complexity index is 635. The fourth-order valence-corrected chi connectivity index (χ4v) is 1.95. The third kappa shape index (κ3) is 3.68. The van der Waals surface area contributed by atoms with Gasteiger partial charge in [0.2, 0.25) is 0 Å². The number of rotatable bonds is 2. The Labute approximate surface area is 121 Å². The molecule has 2 aromatic carbocycles. The number of hydrogen-bond acceptors (Lipinski definition) is 2. The zero-order valence-corrected chi connectivity index (χ0v) is 11.4. The summed E-state index contributed by atoms with van der Waals surface area (Å²) < 4.78 is 0. The SMILES string of the molecule is N#Cc1ccc(NC(=S)Nc2ccccc2)c(Cl)c1. The average molecular weight is 288 g/mol. The van der Waals surface area contributed by atoms with Gasteiger partial charge in [0.1, 0.15) is 0 Å². The molecule has 0 aromatic heterocycles. The van der Waals surface area contributed by atoms with Crippen LogP contribution in [0.15, 0.2) is 48.5 Å². The lowest BCUT2D eigenvalue weighted by Gasteiger charge is -2.11. The van der Waals surface area contributed by atoms with E-state index in [-0.39, 0.29) is 0 Å². The van der Waals surface area contributed by atoms with Gasteiger partial charge in [-0.05, 0) is 42.5 Å². The third-order valence-corrected chi connectivity index (χ3v) is 2.89. The zero-order valence-electron chi connectivity index (χ0n) is 9.85. The summed E-state index contributed by atoms with van der Waals surface area (Å²) in [5.74, 6) is 0. The lowest BCUT2D eigenvalue weighted by atomic mass is 10.2.